The second-order valence-electron chi connectivity index (χ2n) is 4.59. The molecule has 0 saturated heterocycles. The van der Waals surface area contributed by atoms with E-state index in [1.807, 2.05) is 20.8 Å². The van der Waals surface area contributed by atoms with E-state index in [-0.39, 0.29) is 11.3 Å². The molecular weight excluding hydrogens is 180 g/mol. The van der Waals surface area contributed by atoms with E-state index in [1.165, 1.54) is 6.92 Å². The van der Waals surface area contributed by atoms with Crippen LogP contribution in [0.4, 0.5) is 0 Å². The minimum atomic E-state index is -0.418. The van der Waals surface area contributed by atoms with Crippen LogP contribution in [0.3, 0.4) is 0 Å². The van der Waals surface area contributed by atoms with E-state index in [0.717, 1.165) is 0 Å². The minimum Gasteiger partial charge on any atom is -0.368 e. The van der Waals surface area contributed by atoms with Crippen LogP contribution in [0, 0.1) is 0 Å². The first kappa shape index (κ1) is 13.1. The summed E-state index contributed by atoms with van der Waals surface area (Å²) in [4.78, 5) is 21.8. The van der Waals surface area contributed by atoms with Crippen LogP contribution in [0.2, 0.25) is 0 Å². The second kappa shape index (κ2) is 5.10. The fourth-order valence-electron chi connectivity index (χ4n) is 1.16. The quantitative estimate of drug-likeness (QED) is 0.682. The Kier molecular flexibility index (Phi) is 4.77. The Labute approximate surface area is 85.2 Å². The van der Waals surface area contributed by atoms with Crippen molar-refractivity contribution in [3.63, 3.8) is 0 Å². The lowest BCUT2D eigenvalue weighted by molar-refractivity contribution is -0.121. The van der Waals surface area contributed by atoms with E-state index >= 15 is 0 Å². The number of carbonyl (C=O) groups is 2. The summed E-state index contributed by atoms with van der Waals surface area (Å²) in [7, 11) is 0. The molecule has 0 saturated carbocycles. The molecule has 14 heavy (non-hydrogen) atoms. The molecule has 0 aliphatic carbocycles. The average Bonchev–Trinajstić information content (AvgIpc) is 1.94. The van der Waals surface area contributed by atoms with Gasteiger partial charge in [-0.1, -0.05) is 0 Å². The van der Waals surface area contributed by atoms with Gasteiger partial charge in [-0.3, -0.25) is 4.79 Å². The number of ketones is 1. The molecule has 0 rings (SSSR count). The number of hydrogen-bond acceptors (Lipinski definition) is 3. The number of nitrogens with two attached hydrogens (primary N) is 1. The van der Waals surface area contributed by atoms with Crippen LogP contribution in [0.1, 0.15) is 40.5 Å². The number of Topliss-reactive ketones (excluding diaryl/α,β-unsaturated/α-hetero) is 1. The van der Waals surface area contributed by atoms with Gasteiger partial charge >= 0.3 is 0 Å². The van der Waals surface area contributed by atoms with Crippen LogP contribution in [0.5, 0.6) is 0 Å². The highest BCUT2D eigenvalue weighted by atomic mass is 16.1. The first-order chi connectivity index (χ1) is 6.22. The van der Waals surface area contributed by atoms with Gasteiger partial charge in [0.15, 0.2) is 0 Å². The first-order valence-corrected chi connectivity index (χ1v) is 4.79. The van der Waals surface area contributed by atoms with E-state index < -0.39 is 11.9 Å². The van der Waals surface area contributed by atoms with E-state index in [0.29, 0.717) is 12.8 Å². The Morgan fingerprint density at radius 2 is 1.86 bits per heavy atom. The van der Waals surface area contributed by atoms with Gasteiger partial charge in [-0.15, -0.1) is 0 Å². The topological polar surface area (TPSA) is 72.2 Å². The molecular formula is C10H20N2O2. The highest BCUT2D eigenvalue weighted by Gasteiger charge is 2.21. The SMILES string of the molecule is CC(=O)CCC(NC(C)(C)C)C(N)=O. The Bertz CT molecular complexity index is 219. The first-order valence-electron chi connectivity index (χ1n) is 4.79. The molecule has 0 aromatic rings. The number of rotatable bonds is 5. The Balaban J connectivity index is 4.17. The van der Waals surface area contributed by atoms with Crippen molar-refractivity contribution in [2.75, 3.05) is 0 Å². The Morgan fingerprint density at radius 1 is 1.36 bits per heavy atom. The molecule has 0 bridgehead atoms. The highest BCUT2D eigenvalue weighted by Crippen LogP contribution is 2.05. The van der Waals surface area contributed by atoms with Crippen molar-refractivity contribution >= 4 is 11.7 Å². The molecule has 1 unspecified atom stereocenters. The molecule has 0 fully saturated rings. The van der Waals surface area contributed by atoms with Crippen LogP contribution < -0.4 is 11.1 Å². The van der Waals surface area contributed by atoms with Crippen molar-refractivity contribution in [3.8, 4) is 0 Å². The highest BCUT2D eigenvalue weighted by molar-refractivity contribution is 5.81. The van der Waals surface area contributed by atoms with Crippen LogP contribution in [0.15, 0.2) is 0 Å². The fraction of sp³-hybridized carbons (Fsp3) is 0.800. The molecule has 1 atom stereocenters. The molecule has 3 N–H and O–H groups in total. The Morgan fingerprint density at radius 3 is 2.14 bits per heavy atom. The van der Waals surface area contributed by atoms with Crippen LogP contribution >= 0.6 is 0 Å². The van der Waals surface area contributed by atoms with Gasteiger partial charge < -0.3 is 15.8 Å². The zero-order chi connectivity index (χ0) is 11.4. The van der Waals surface area contributed by atoms with E-state index in [2.05, 4.69) is 5.32 Å². The van der Waals surface area contributed by atoms with Crippen LogP contribution in [-0.4, -0.2) is 23.3 Å². The molecule has 0 aliphatic heterocycles. The standard InChI is InChI=1S/C10H20N2O2/c1-7(13)5-6-8(9(11)14)12-10(2,3)4/h8,12H,5-6H2,1-4H3,(H2,11,14). The van der Waals surface area contributed by atoms with Gasteiger partial charge in [0.05, 0.1) is 6.04 Å². The summed E-state index contributed by atoms with van der Waals surface area (Å²) in [6.45, 7) is 7.37. The van der Waals surface area contributed by atoms with Crippen molar-refractivity contribution in [2.24, 2.45) is 5.73 Å². The summed E-state index contributed by atoms with van der Waals surface area (Å²) < 4.78 is 0. The summed E-state index contributed by atoms with van der Waals surface area (Å²) in [5, 5.41) is 3.08. The lowest BCUT2D eigenvalue weighted by Gasteiger charge is -2.26. The lowest BCUT2D eigenvalue weighted by Crippen LogP contribution is -2.50. The van der Waals surface area contributed by atoms with Gasteiger partial charge in [0.25, 0.3) is 0 Å². The van der Waals surface area contributed by atoms with Crippen molar-refractivity contribution in [1.82, 2.24) is 5.32 Å². The molecule has 0 aromatic carbocycles. The van der Waals surface area contributed by atoms with E-state index in [9.17, 15) is 9.59 Å². The monoisotopic (exact) mass is 200 g/mol. The number of carbonyl (C=O) groups excluding carboxylic acids is 2. The van der Waals surface area contributed by atoms with Crippen LogP contribution in [0.25, 0.3) is 0 Å². The maximum absolute atomic E-state index is 11.0. The van der Waals surface area contributed by atoms with Crippen LogP contribution in [-0.2, 0) is 9.59 Å². The summed E-state index contributed by atoms with van der Waals surface area (Å²) in [5.74, 6) is -0.326. The third kappa shape index (κ3) is 6.60. The van der Waals surface area contributed by atoms with E-state index in [4.69, 9.17) is 5.73 Å². The fourth-order valence-corrected chi connectivity index (χ4v) is 1.16. The molecule has 0 aromatic heterocycles. The molecule has 0 radical (unpaired) electrons. The third-order valence-corrected chi connectivity index (χ3v) is 1.74. The molecule has 4 nitrogen and oxygen atoms in total. The maximum atomic E-state index is 11.0. The van der Waals surface area contributed by atoms with Crippen molar-refractivity contribution in [3.05, 3.63) is 0 Å². The van der Waals surface area contributed by atoms with Gasteiger partial charge in [-0.2, -0.15) is 0 Å². The number of nitrogens with one attached hydrogen (secondary N) is 1. The third-order valence-electron chi connectivity index (χ3n) is 1.74. The number of amides is 1. The van der Waals surface area contributed by atoms with Gasteiger partial charge in [0.2, 0.25) is 5.91 Å². The molecule has 0 heterocycles. The summed E-state index contributed by atoms with van der Waals surface area (Å²) in [6.07, 6.45) is 0.860. The molecule has 82 valence electrons. The largest absolute Gasteiger partial charge is 0.368 e. The summed E-state index contributed by atoms with van der Waals surface area (Å²) in [5.41, 5.74) is 5.05. The number of hydrogen-bond donors (Lipinski definition) is 2. The van der Waals surface area contributed by atoms with Gasteiger partial charge in [0.1, 0.15) is 5.78 Å². The van der Waals surface area contributed by atoms with E-state index in [1.54, 1.807) is 0 Å². The zero-order valence-corrected chi connectivity index (χ0v) is 9.39. The molecule has 0 aliphatic rings. The molecule has 4 heteroatoms. The van der Waals surface area contributed by atoms with Gasteiger partial charge in [-0.25, -0.2) is 0 Å². The summed E-state index contributed by atoms with van der Waals surface area (Å²) in [6, 6.07) is -0.418. The smallest absolute Gasteiger partial charge is 0.234 e. The van der Waals surface area contributed by atoms with Gasteiger partial charge in [-0.05, 0) is 34.1 Å². The molecule has 0 spiro atoms. The number of primary amides is 1. The summed E-state index contributed by atoms with van der Waals surface area (Å²) >= 11 is 0. The van der Waals surface area contributed by atoms with Crippen molar-refractivity contribution in [1.29, 1.82) is 0 Å². The zero-order valence-electron chi connectivity index (χ0n) is 9.39. The average molecular weight is 200 g/mol. The van der Waals surface area contributed by atoms with Gasteiger partial charge in [0, 0.05) is 12.0 Å². The molecule has 1 amide bonds. The lowest BCUT2D eigenvalue weighted by atomic mass is 10.0. The Hall–Kier alpha value is -0.900. The van der Waals surface area contributed by atoms with Crippen molar-refractivity contribution < 1.29 is 9.59 Å². The van der Waals surface area contributed by atoms with Crippen molar-refractivity contribution in [2.45, 2.75) is 52.1 Å². The predicted octanol–water partition coefficient (Wildman–Crippen LogP) is 0.598. The second-order valence-corrected chi connectivity index (χ2v) is 4.59. The minimum absolute atomic E-state index is 0.0759. The predicted molar refractivity (Wildman–Crippen MR) is 55.8 cm³/mol. The maximum Gasteiger partial charge on any atom is 0.234 e. The normalized spacial score (nSPS) is 13.7.